The van der Waals surface area contributed by atoms with Crippen molar-refractivity contribution in [2.24, 2.45) is 0 Å². The summed E-state index contributed by atoms with van der Waals surface area (Å²) in [5.41, 5.74) is 1.71. The molecule has 0 amide bonds. The fraction of sp³-hybridized carbons (Fsp3) is 0.300. The van der Waals surface area contributed by atoms with E-state index in [1.807, 2.05) is 29.2 Å². The van der Waals surface area contributed by atoms with Crippen LogP contribution in [0.25, 0.3) is 11.1 Å². The molecule has 2 heterocycles. The fourth-order valence-electron chi connectivity index (χ4n) is 3.69. The lowest BCUT2D eigenvalue weighted by atomic mass is 9.94. The highest BCUT2D eigenvalue weighted by molar-refractivity contribution is 5.75. The number of piperidine rings is 1. The fourth-order valence-corrected chi connectivity index (χ4v) is 3.69. The van der Waals surface area contributed by atoms with Gasteiger partial charge in [0, 0.05) is 18.0 Å². The van der Waals surface area contributed by atoms with Crippen molar-refractivity contribution in [2.45, 2.75) is 24.8 Å². The summed E-state index contributed by atoms with van der Waals surface area (Å²) in [6.07, 6.45) is 1.68. The van der Waals surface area contributed by atoms with E-state index in [1.54, 1.807) is 12.1 Å². The number of fused-ring (bicyclic) bond motifs is 1. The summed E-state index contributed by atoms with van der Waals surface area (Å²) in [4.78, 5) is 18.2. The number of carboxylic acid groups (broad SMARTS) is 1. The molecule has 1 aliphatic heterocycles. The Morgan fingerprint density at radius 2 is 2.00 bits per heavy atom. The number of nitrogens with zero attached hydrogens (tertiary/aromatic N) is 2. The van der Waals surface area contributed by atoms with Crippen molar-refractivity contribution < 1.29 is 18.7 Å². The van der Waals surface area contributed by atoms with Gasteiger partial charge in [-0.25, -0.2) is 9.37 Å². The Labute approximate surface area is 150 Å². The highest BCUT2D eigenvalue weighted by atomic mass is 19.1. The smallest absolute Gasteiger partial charge is 0.325 e. The maximum Gasteiger partial charge on any atom is 0.325 e. The van der Waals surface area contributed by atoms with Crippen molar-refractivity contribution in [1.82, 2.24) is 9.88 Å². The molecule has 1 fully saturated rings. The van der Waals surface area contributed by atoms with Gasteiger partial charge in [-0.3, -0.25) is 9.69 Å². The average Bonchev–Trinajstić information content (AvgIpc) is 3.08. The van der Waals surface area contributed by atoms with E-state index in [4.69, 9.17) is 4.42 Å². The lowest BCUT2D eigenvalue weighted by molar-refractivity contribution is -0.144. The third kappa shape index (κ3) is 3.08. The van der Waals surface area contributed by atoms with Crippen molar-refractivity contribution in [1.29, 1.82) is 0 Å². The number of rotatable bonds is 4. The van der Waals surface area contributed by atoms with Gasteiger partial charge in [-0.1, -0.05) is 30.3 Å². The second-order valence-electron chi connectivity index (χ2n) is 6.62. The largest absolute Gasteiger partial charge is 0.480 e. The Bertz CT molecular complexity index is 906. The molecule has 2 atom stereocenters. The zero-order valence-electron chi connectivity index (χ0n) is 14.1. The summed E-state index contributed by atoms with van der Waals surface area (Å²) >= 11 is 0. The molecule has 0 aliphatic carbocycles. The van der Waals surface area contributed by atoms with Crippen LogP contribution in [0.4, 0.5) is 4.39 Å². The number of hydrogen-bond acceptors (Lipinski definition) is 4. The molecule has 0 spiro atoms. The maximum atomic E-state index is 14.2. The van der Waals surface area contributed by atoms with Gasteiger partial charge in [0.1, 0.15) is 17.4 Å². The zero-order valence-corrected chi connectivity index (χ0v) is 14.1. The topological polar surface area (TPSA) is 66.6 Å². The lowest BCUT2D eigenvalue weighted by Crippen LogP contribution is -2.41. The minimum Gasteiger partial charge on any atom is -0.480 e. The zero-order chi connectivity index (χ0) is 18.1. The van der Waals surface area contributed by atoms with Gasteiger partial charge in [-0.05, 0) is 37.6 Å². The molecule has 2 aromatic carbocycles. The van der Waals surface area contributed by atoms with Gasteiger partial charge >= 0.3 is 5.97 Å². The summed E-state index contributed by atoms with van der Waals surface area (Å²) in [7, 11) is 0. The van der Waals surface area contributed by atoms with Crippen LogP contribution in [0.5, 0.6) is 0 Å². The molecule has 5 nitrogen and oxygen atoms in total. The third-order valence-electron chi connectivity index (χ3n) is 4.91. The van der Waals surface area contributed by atoms with E-state index in [0.717, 1.165) is 23.9 Å². The van der Waals surface area contributed by atoms with Crippen molar-refractivity contribution in [3.63, 3.8) is 0 Å². The highest BCUT2D eigenvalue weighted by Gasteiger charge is 2.35. The number of carbonyl (C=O) groups is 1. The Balaban J connectivity index is 1.62. The number of benzene rings is 2. The van der Waals surface area contributed by atoms with Crippen LogP contribution in [0.1, 0.15) is 36.3 Å². The number of aliphatic carboxylic acids is 1. The minimum absolute atomic E-state index is 0.00947. The molecule has 0 radical (unpaired) electrons. The van der Waals surface area contributed by atoms with Crippen LogP contribution in [-0.4, -0.2) is 34.0 Å². The second kappa shape index (κ2) is 6.88. The van der Waals surface area contributed by atoms with E-state index in [-0.39, 0.29) is 11.5 Å². The van der Waals surface area contributed by atoms with Crippen LogP contribution in [0.2, 0.25) is 0 Å². The van der Waals surface area contributed by atoms with Crippen molar-refractivity contribution in [2.75, 3.05) is 13.1 Å². The first-order chi connectivity index (χ1) is 12.6. The summed E-state index contributed by atoms with van der Waals surface area (Å²) in [6.45, 7) is 1.07. The number of oxazole rings is 1. The van der Waals surface area contributed by atoms with Crippen molar-refractivity contribution >= 4 is 17.1 Å². The molecule has 134 valence electrons. The predicted molar refractivity (Wildman–Crippen MR) is 94.3 cm³/mol. The van der Waals surface area contributed by atoms with Crippen LogP contribution in [-0.2, 0) is 4.79 Å². The number of carboxylic acids is 1. The summed E-state index contributed by atoms with van der Waals surface area (Å²) in [5, 5.41) is 9.73. The van der Waals surface area contributed by atoms with E-state index >= 15 is 0 Å². The lowest BCUT2D eigenvalue weighted by Gasteiger charge is -2.35. The third-order valence-corrected chi connectivity index (χ3v) is 4.91. The van der Waals surface area contributed by atoms with Gasteiger partial charge in [0.25, 0.3) is 0 Å². The van der Waals surface area contributed by atoms with E-state index in [0.29, 0.717) is 19.0 Å². The number of aromatic nitrogens is 1. The molecule has 0 saturated carbocycles. The number of para-hydroxylation sites is 2. The van der Waals surface area contributed by atoms with Gasteiger partial charge in [-0.2, -0.15) is 0 Å². The molecule has 6 heteroatoms. The van der Waals surface area contributed by atoms with Gasteiger partial charge in [0.05, 0.1) is 0 Å². The van der Waals surface area contributed by atoms with E-state index in [9.17, 15) is 14.3 Å². The average molecular weight is 354 g/mol. The first-order valence-corrected chi connectivity index (χ1v) is 8.70. The van der Waals surface area contributed by atoms with Gasteiger partial charge < -0.3 is 9.52 Å². The van der Waals surface area contributed by atoms with Gasteiger partial charge in [-0.15, -0.1) is 0 Å². The minimum atomic E-state index is -1.05. The van der Waals surface area contributed by atoms with Crippen LogP contribution < -0.4 is 0 Å². The molecular formula is C20H19FN2O3. The Kier molecular flexibility index (Phi) is 4.42. The van der Waals surface area contributed by atoms with Crippen LogP contribution in [0.15, 0.2) is 52.9 Å². The number of likely N-dealkylation sites (tertiary alicyclic amines) is 1. The normalized spacial score (nSPS) is 19.5. The molecule has 1 N–H and O–H groups in total. The van der Waals surface area contributed by atoms with Crippen molar-refractivity contribution in [3.8, 4) is 0 Å². The van der Waals surface area contributed by atoms with Crippen LogP contribution in [0.3, 0.4) is 0 Å². The molecule has 3 aromatic rings. The monoisotopic (exact) mass is 354 g/mol. The molecule has 1 aromatic heterocycles. The van der Waals surface area contributed by atoms with E-state index in [1.165, 1.54) is 12.1 Å². The number of halogens is 1. The first kappa shape index (κ1) is 16.7. The molecule has 4 rings (SSSR count). The molecular weight excluding hydrogens is 335 g/mol. The quantitative estimate of drug-likeness (QED) is 0.768. The van der Waals surface area contributed by atoms with Gasteiger partial charge in [0.2, 0.25) is 0 Å². The Morgan fingerprint density at radius 1 is 1.23 bits per heavy atom. The van der Waals surface area contributed by atoms with E-state index < -0.39 is 17.8 Å². The predicted octanol–water partition coefficient (Wildman–Crippen LogP) is 3.97. The van der Waals surface area contributed by atoms with Crippen LogP contribution >= 0.6 is 0 Å². The standard InChI is InChI=1S/C20H19FN2O3/c21-15-8-2-1-7-14(15)18(20(24)25)23-11-5-6-13(12-23)19-22-16-9-3-4-10-17(16)26-19/h1-4,7-10,13,18H,5-6,11-12H2,(H,24,25). The van der Waals surface area contributed by atoms with Gasteiger partial charge in [0.15, 0.2) is 11.5 Å². The van der Waals surface area contributed by atoms with Crippen LogP contribution in [0, 0.1) is 5.82 Å². The van der Waals surface area contributed by atoms with E-state index in [2.05, 4.69) is 4.98 Å². The molecule has 1 saturated heterocycles. The molecule has 1 aliphatic rings. The highest BCUT2D eigenvalue weighted by Crippen LogP contribution is 2.34. The first-order valence-electron chi connectivity index (χ1n) is 8.70. The maximum absolute atomic E-state index is 14.2. The SMILES string of the molecule is O=C(O)C(c1ccccc1F)N1CCCC(c2nc3ccccc3o2)C1. The number of hydrogen-bond donors (Lipinski definition) is 1. The summed E-state index contributed by atoms with van der Waals surface area (Å²) in [5.74, 6) is -0.935. The molecule has 2 unspecified atom stereocenters. The Hall–Kier alpha value is -2.73. The molecule has 26 heavy (non-hydrogen) atoms. The Morgan fingerprint density at radius 3 is 2.77 bits per heavy atom. The molecule has 0 bridgehead atoms. The van der Waals surface area contributed by atoms with Crippen molar-refractivity contribution in [3.05, 3.63) is 65.8 Å². The second-order valence-corrected chi connectivity index (χ2v) is 6.62. The summed E-state index contributed by atoms with van der Waals surface area (Å²) in [6, 6.07) is 12.6. The summed E-state index contributed by atoms with van der Waals surface area (Å²) < 4.78 is 20.1.